The van der Waals surface area contributed by atoms with Crippen molar-refractivity contribution >= 4 is 22.3 Å². The summed E-state index contributed by atoms with van der Waals surface area (Å²) in [6, 6.07) is -1.21. The van der Waals surface area contributed by atoms with Crippen molar-refractivity contribution in [2.24, 2.45) is 5.73 Å². The topological polar surface area (TPSA) is 333 Å². The van der Waals surface area contributed by atoms with Gasteiger partial charge in [-0.25, -0.2) is 0 Å². The van der Waals surface area contributed by atoms with Gasteiger partial charge in [-0.3, -0.25) is 8.42 Å². The number of carbonyl (C=O) groups is 2. The lowest BCUT2D eigenvalue weighted by atomic mass is 10.2. The molecule has 0 heterocycles. The first-order valence-electron chi connectivity index (χ1n) is 3.37. The quantitative estimate of drug-likeness (QED) is 0.256. The molecule has 18 N–H and O–H groups in total. The maximum Gasteiger partial charge on any atom is 0.0582 e. The van der Waals surface area contributed by atoms with Gasteiger partial charge in [-0.05, 0) is 12.8 Å². The molecule has 0 fully saturated rings. The molecule has 0 aromatic carbocycles. The van der Waals surface area contributed by atoms with Gasteiger partial charge < -0.3 is 59.2 Å². The summed E-state index contributed by atoms with van der Waals surface area (Å²) in [5, 5.41) is 19.6. The molecule has 0 aliphatic heterocycles. The van der Waals surface area contributed by atoms with Crippen LogP contribution in [-0.2, 0) is 20.0 Å². The molecule has 0 amide bonds. The standard InChI is InChI=1S/C5H9NO4.4H3N.H2O4S/c6-3(5(9)10)1-2-4(7)8;;;;;1-5(2,3)4/h3H,1-2,6H2,(H,7,8)(H,9,10);4*1H3;(H2,1,2,3,4)/t3-;;;;;/m0...../s1. The van der Waals surface area contributed by atoms with Crippen LogP contribution in [0.2, 0.25) is 0 Å². The molecule has 0 bridgehead atoms. The minimum atomic E-state index is -5.17. The summed E-state index contributed by atoms with van der Waals surface area (Å²) in [6.45, 7) is 0. The largest absolute Gasteiger partial charge is 0.759 e. The zero-order valence-electron chi connectivity index (χ0n) is 11.2. The maximum atomic E-state index is 9.86. The van der Waals surface area contributed by atoms with Gasteiger partial charge in [-0.15, -0.1) is 0 Å². The normalized spacial score (nSPS) is 9.63. The number of hydrogen-bond donors (Lipinski definition) is 5. The number of rotatable bonds is 4. The molecule has 0 aromatic rings. The van der Waals surface area contributed by atoms with Crippen LogP contribution < -0.4 is 40.5 Å². The fraction of sp³-hybridized carbons (Fsp3) is 0.600. The van der Waals surface area contributed by atoms with E-state index in [-0.39, 0.29) is 37.4 Å². The molecular weight excluding hydrogens is 290 g/mol. The molecule has 0 saturated carbocycles. The van der Waals surface area contributed by atoms with Crippen LogP contribution in [0.3, 0.4) is 0 Å². The molecule has 14 heteroatoms. The SMILES string of the molecule is N[C@@H](CCC(=O)[O-])C(=O)[O-].O=S(=O)([O-])[O-].[NH4+].[NH4+].[NH4+].[NH4+]. The predicted octanol–water partition coefficient (Wildman–Crippen LogP) is -3.24. The maximum absolute atomic E-state index is 9.86. The van der Waals surface area contributed by atoms with E-state index >= 15 is 0 Å². The average Bonchev–Trinajstić information content (AvgIpc) is 1.96. The van der Waals surface area contributed by atoms with Gasteiger partial charge in [0.2, 0.25) is 0 Å². The Morgan fingerprint density at radius 1 is 1.00 bits per heavy atom. The summed E-state index contributed by atoms with van der Waals surface area (Å²) >= 11 is 0. The van der Waals surface area contributed by atoms with Crippen LogP contribution in [0.1, 0.15) is 12.8 Å². The molecule has 13 nitrogen and oxygen atoms in total. The van der Waals surface area contributed by atoms with Crippen molar-refractivity contribution in [1.29, 1.82) is 0 Å². The van der Waals surface area contributed by atoms with Gasteiger partial charge in [0.1, 0.15) is 0 Å². The van der Waals surface area contributed by atoms with Gasteiger partial charge in [-0.1, -0.05) is 0 Å². The third-order valence-corrected chi connectivity index (χ3v) is 0.962. The van der Waals surface area contributed by atoms with Crippen LogP contribution in [0.5, 0.6) is 0 Å². The molecular formula is C5H23N5O8S. The van der Waals surface area contributed by atoms with E-state index in [1.165, 1.54) is 0 Å². The highest BCUT2D eigenvalue weighted by Crippen LogP contribution is 1.90. The van der Waals surface area contributed by atoms with Crippen molar-refractivity contribution in [1.82, 2.24) is 24.6 Å². The Kier molecular flexibility index (Phi) is 31.5. The van der Waals surface area contributed by atoms with Gasteiger partial charge in [0.15, 0.2) is 0 Å². The Labute approximate surface area is 110 Å². The average molecular weight is 313 g/mol. The Balaban J connectivity index is -0.0000000418. The molecule has 122 valence electrons. The zero-order chi connectivity index (χ0) is 12.6. The van der Waals surface area contributed by atoms with Gasteiger partial charge in [0.05, 0.1) is 5.97 Å². The van der Waals surface area contributed by atoms with Crippen LogP contribution in [0, 0.1) is 0 Å². The number of carbonyl (C=O) groups excluding carboxylic acids is 2. The van der Waals surface area contributed by atoms with Gasteiger partial charge in [0, 0.05) is 22.4 Å². The third-order valence-electron chi connectivity index (χ3n) is 0.962. The molecule has 0 aliphatic rings. The number of nitrogens with two attached hydrogens (primary N) is 1. The van der Waals surface area contributed by atoms with Gasteiger partial charge in [0.25, 0.3) is 0 Å². The summed E-state index contributed by atoms with van der Waals surface area (Å²) in [4.78, 5) is 19.6. The van der Waals surface area contributed by atoms with Gasteiger partial charge >= 0.3 is 0 Å². The summed E-state index contributed by atoms with van der Waals surface area (Å²) in [6.07, 6.45) is -0.500. The first-order valence-corrected chi connectivity index (χ1v) is 4.70. The summed E-state index contributed by atoms with van der Waals surface area (Å²) in [5.74, 6) is -2.75. The molecule has 1 atom stereocenters. The number of carboxylic acids is 2. The number of quaternary nitrogens is 4. The minimum Gasteiger partial charge on any atom is -0.759 e. The van der Waals surface area contributed by atoms with Gasteiger partial charge in [-0.2, -0.15) is 0 Å². The fourth-order valence-corrected chi connectivity index (χ4v) is 0.391. The van der Waals surface area contributed by atoms with E-state index in [1.807, 2.05) is 0 Å². The van der Waals surface area contributed by atoms with Crippen LogP contribution in [-0.4, -0.2) is 35.5 Å². The van der Waals surface area contributed by atoms with E-state index in [4.69, 9.17) is 23.3 Å². The lowest BCUT2D eigenvalue weighted by molar-refractivity contribution is -0.309. The van der Waals surface area contributed by atoms with Crippen LogP contribution in [0.15, 0.2) is 0 Å². The molecule has 0 aliphatic carbocycles. The molecule has 0 aromatic heterocycles. The Bertz CT molecular complexity index is 311. The van der Waals surface area contributed by atoms with Crippen molar-refractivity contribution in [2.45, 2.75) is 18.9 Å². The minimum absolute atomic E-state index is 0. The van der Waals surface area contributed by atoms with Crippen molar-refractivity contribution in [3.8, 4) is 0 Å². The predicted molar refractivity (Wildman–Crippen MR) is 61.6 cm³/mol. The second kappa shape index (κ2) is 16.6. The Hall–Kier alpha value is -1.39. The van der Waals surface area contributed by atoms with Crippen LogP contribution in [0.25, 0.3) is 0 Å². The zero-order valence-corrected chi connectivity index (χ0v) is 12.1. The monoisotopic (exact) mass is 313 g/mol. The molecule has 0 radical (unpaired) electrons. The summed E-state index contributed by atoms with van der Waals surface area (Å²) in [5.41, 5.74) is 4.91. The molecule has 0 unspecified atom stereocenters. The van der Waals surface area contributed by atoms with E-state index in [0.717, 1.165) is 0 Å². The lowest BCUT2D eigenvalue weighted by Crippen LogP contribution is -2.42. The molecule has 0 saturated heterocycles. The smallest absolute Gasteiger partial charge is 0.0582 e. The first kappa shape index (κ1) is 36.0. The first-order chi connectivity index (χ1) is 6.54. The summed E-state index contributed by atoms with van der Waals surface area (Å²) in [7, 11) is -5.17. The van der Waals surface area contributed by atoms with Crippen molar-refractivity contribution in [2.75, 3.05) is 0 Å². The highest BCUT2D eigenvalue weighted by molar-refractivity contribution is 7.79. The van der Waals surface area contributed by atoms with E-state index < -0.39 is 28.4 Å². The number of carboxylic acid groups (broad SMARTS) is 2. The number of hydrogen-bond acceptors (Lipinski definition) is 9. The molecule has 0 spiro atoms. The second-order valence-electron chi connectivity index (χ2n) is 2.24. The van der Waals surface area contributed by atoms with Crippen LogP contribution in [0.4, 0.5) is 0 Å². The van der Waals surface area contributed by atoms with E-state index in [2.05, 4.69) is 0 Å². The Morgan fingerprint density at radius 2 is 1.26 bits per heavy atom. The van der Waals surface area contributed by atoms with E-state index in [0.29, 0.717) is 0 Å². The van der Waals surface area contributed by atoms with E-state index in [9.17, 15) is 19.8 Å². The van der Waals surface area contributed by atoms with Crippen LogP contribution >= 0.6 is 0 Å². The highest BCUT2D eigenvalue weighted by Gasteiger charge is 2.01. The highest BCUT2D eigenvalue weighted by atomic mass is 32.3. The van der Waals surface area contributed by atoms with Crippen molar-refractivity contribution in [3.05, 3.63) is 0 Å². The lowest BCUT2D eigenvalue weighted by Gasteiger charge is -2.11. The Morgan fingerprint density at radius 3 is 1.42 bits per heavy atom. The number of aliphatic carboxylic acids is 2. The van der Waals surface area contributed by atoms with E-state index in [1.54, 1.807) is 0 Å². The second-order valence-corrected chi connectivity index (χ2v) is 3.06. The summed E-state index contributed by atoms with van der Waals surface area (Å²) < 4.78 is 34.1. The molecule has 0 rings (SSSR count). The molecule has 19 heavy (non-hydrogen) atoms. The van der Waals surface area contributed by atoms with Crippen molar-refractivity contribution < 1.29 is 37.3 Å². The fourth-order valence-electron chi connectivity index (χ4n) is 0.391. The third kappa shape index (κ3) is 61.2. The van der Waals surface area contributed by atoms with Crippen molar-refractivity contribution in [3.63, 3.8) is 0 Å².